The lowest BCUT2D eigenvalue weighted by atomic mass is 10.1. The van der Waals surface area contributed by atoms with Crippen LogP contribution in [0.1, 0.15) is 11.1 Å². The van der Waals surface area contributed by atoms with Crippen LogP contribution < -0.4 is 4.74 Å². The summed E-state index contributed by atoms with van der Waals surface area (Å²) in [7, 11) is 1.46. The number of carbonyl (C=O) groups is 1. The van der Waals surface area contributed by atoms with Crippen molar-refractivity contribution in [3.05, 3.63) is 65.4 Å². The van der Waals surface area contributed by atoms with E-state index in [1.807, 2.05) is 0 Å². The zero-order valence-corrected chi connectivity index (χ0v) is 13.9. The molecule has 0 bridgehead atoms. The van der Waals surface area contributed by atoms with E-state index in [2.05, 4.69) is 10.2 Å². The van der Waals surface area contributed by atoms with Crippen LogP contribution in [0.2, 0.25) is 0 Å². The van der Waals surface area contributed by atoms with Crippen molar-refractivity contribution in [2.45, 2.75) is 13.1 Å². The molecule has 136 valence electrons. The molecule has 2 aromatic rings. The van der Waals surface area contributed by atoms with Gasteiger partial charge in [-0.2, -0.15) is 18.3 Å². The molecule has 0 saturated carbocycles. The second kappa shape index (κ2) is 7.81. The fourth-order valence-corrected chi connectivity index (χ4v) is 1.94. The minimum atomic E-state index is -5.20. The maximum atomic E-state index is 12.9. The van der Waals surface area contributed by atoms with Crippen LogP contribution in [0, 0.1) is 6.92 Å². The van der Waals surface area contributed by atoms with E-state index < -0.39 is 23.4 Å². The smallest absolute Gasteiger partial charge is 0.456 e. The standard InChI is InChI=1S/C18H15F3N2O3/c1-11-3-5-12(6-4-11)16(24)15(17(25)18(19,20)21)23-22-13-7-9-14(26-2)10-8-13/h3-10,24H,1-2H3/b16-15-,23-22?. The first-order valence-corrected chi connectivity index (χ1v) is 7.40. The predicted molar refractivity (Wildman–Crippen MR) is 89.3 cm³/mol. The number of alkyl halides is 3. The highest BCUT2D eigenvalue weighted by molar-refractivity contribution is 6.04. The van der Waals surface area contributed by atoms with E-state index in [0.29, 0.717) is 5.75 Å². The Morgan fingerprint density at radius 3 is 2.12 bits per heavy atom. The van der Waals surface area contributed by atoms with E-state index in [1.165, 1.54) is 43.5 Å². The summed E-state index contributed by atoms with van der Waals surface area (Å²) >= 11 is 0. The molecule has 26 heavy (non-hydrogen) atoms. The first-order valence-electron chi connectivity index (χ1n) is 7.40. The topological polar surface area (TPSA) is 71.2 Å². The van der Waals surface area contributed by atoms with Gasteiger partial charge >= 0.3 is 6.18 Å². The molecule has 1 N–H and O–H groups in total. The second-order valence-corrected chi connectivity index (χ2v) is 5.29. The van der Waals surface area contributed by atoms with Crippen molar-refractivity contribution in [1.29, 1.82) is 0 Å². The summed E-state index contributed by atoms with van der Waals surface area (Å²) in [5, 5.41) is 17.1. The average molecular weight is 364 g/mol. The van der Waals surface area contributed by atoms with Crippen LogP contribution in [0.15, 0.2) is 64.5 Å². The number of rotatable bonds is 5. The molecular formula is C18H15F3N2O3. The fraction of sp³-hybridized carbons (Fsp3) is 0.167. The summed E-state index contributed by atoms with van der Waals surface area (Å²) in [4.78, 5) is 11.7. The SMILES string of the molecule is COc1ccc(N=N/C(C(=O)C(F)(F)F)=C(\O)c2ccc(C)cc2)cc1. The number of hydrogen-bond acceptors (Lipinski definition) is 5. The molecule has 0 aliphatic rings. The van der Waals surface area contributed by atoms with Gasteiger partial charge in [0.15, 0.2) is 11.5 Å². The van der Waals surface area contributed by atoms with E-state index in [9.17, 15) is 23.1 Å². The number of nitrogens with zero attached hydrogens (tertiary/aromatic N) is 2. The number of aryl methyl sites for hydroxylation is 1. The summed E-state index contributed by atoms with van der Waals surface area (Å²) in [6.07, 6.45) is -5.20. The predicted octanol–water partition coefficient (Wildman–Crippen LogP) is 5.15. The van der Waals surface area contributed by atoms with Crippen LogP contribution in [-0.2, 0) is 4.79 Å². The minimum Gasteiger partial charge on any atom is -0.505 e. The minimum absolute atomic E-state index is 0.0249. The summed E-state index contributed by atoms with van der Waals surface area (Å²) in [6, 6.07) is 11.9. The number of aliphatic hydroxyl groups excluding tert-OH is 1. The van der Waals surface area contributed by atoms with Crippen molar-refractivity contribution in [3.8, 4) is 5.75 Å². The third-order valence-corrected chi connectivity index (χ3v) is 3.36. The maximum absolute atomic E-state index is 12.9. The van der Waals surface area contributed by atoms with Gasteiger partial charge in [0, 0.05) is 5.56 Å². The van der Waals surface area contributed by atoms with Gasteiger partial charge in [-0.1, -0.05) is 29.8 Å². The number of ether oxygens (including phenoxy) is 1. The number of halogens is 3. The van der Waals surface area contributed by atoms with Crippen LogP contribution in [0.4, 0.5) is 18.9 Å². The first-order chi connectivity index (χ1) is 12.2. The lowest BCUT2D eigenvalue weighted by Gasteiger charge is -2.08. The lowest BCUT2D eigenvalue weighted by molar-refractivity contribution is -0.166. The Morgan fingerprint density at radius 2 is 1.62 bits per heavy atom. The number of azo groups is 1. The van der Waals surface area contributed by atoms with E-state index >= 15 is 0 Å². The van der Waals surface area contributed by atoms with Gasteiger partial charge in [0.2, 0.25) is 0 Å². The van der Waals surface area contributed by atoms with Crippen LogP contribution in [-0.4, -0.2) is 24.2 Å². The molecule has 0 atom stereocenters. The van der Waals surface area contributed by atoms with Crippen molar-refractivity contribution in [2.24, 2.45) is 10.2 Å². The van der Waals surface area contributed by atoms with Crippen molar-refractivity contribution >= 4 is 17.2 Å². The molecule has 0 amide bonds. The molecule has 0 fully saturated rings. The molecule has 0 radical (unpaired) electrons. The molecule has 0 saturated heterocycles. The van der Waals surface area contributed by atoms with E-state index in [-0.39, 0.29) is 11.3 Å². The quantitative estimate of drug-likeness (QED) is 0.453. The number of carbonyl (C=O) groups excluding carboxylic acids is 1. The maximum Gasteiger partial charge on any atom is 0.456 e. The highest BCUT2D eigenvalue weighted by Crippen LogP contribution is 2.28. The number of benzene rings is 2. The average Bonchev–Trinajstić information content (AvgIpc) is 2.62. The summed E-state index contributed by atoms with van der Waals surface area (Å²) < 4.78 is 43.5. The Balaban J connectivity index is 2.46. The molecule has 0 aliphatic carbocycles. The molecule has 0 aromatic heterocycles. The second-order valence-electron chi connectivity index (χ2n) is 5.29. The van der Waals surface area contributed by atoms with Crippen molar-refractivity contribution in [1.82, 2.24) is 0 Å². The third-order valence-electron chi connectivity index (χ3n) is 3.36. The van der Waals surface area contributed by atoms with Crippen LogP contribution in [0.3, 0.4) is 0 Å². The molecule has 0 spiro atoms. The fourth-order valence-electron chi connectivity index (χ4n) is 1.94. The Labute approximate surface area is 147 Å². The molecule has 0 heterocycles. The molecule has 8 heteroatoms. The molecule has 2 rings (SSSR count). The van der Waals surface area contributed by atoms with Gasteiger partial charge < -0.3 is 9.84 Å². The van der Waals surface area contributed by atoms with Crippen LogP contribution >= 0.6 is 0 Å². The third kappa shape index (κ3) is 4.69. The number of ketones is 1. The Hall–Kier alpha value is -3.16. The van der Waals surface area contributed by atoms with Crippen molar-refractivity contribution in [2.75, 3.05) is 7.11 Å². The molecule has 2 aromatic carbocycles. The van der Waals surface area contributed by atoms with Crippen molar-refractivity contribution in [3.63, 3.8) is 0 Å². The lowest BCUT2D eigenvalue weighted by Crippen LogP contribution is -2.24. The van der Waals surface area contributed by atoms with Gasteiger partial charge in [-0.25, -0.2) is 0 Å². The van der Waals surface area contributed by atoms with Gasteiger partial charge in [-0.3, -0.25) is 4.79 Å². The van der Waals surface area contributed by atoms with E-state index in [1.54, 1.807) is 19.1 Å². The van der Waals surface area contributed by atoms with Crippen LogP contribution in [0.25, 0.3) is 5.76 Å². The Kier molecular flexibility index (Phi) is 5.76. The monoisotopic (exact) mass is 364 g/mol. The van der Waals surface area contributed by atoms with E-state index in [0.717, 1.165) is 5.56 Å². The summed E-state index contributed by atoms with van der Waals surface area (Å²) in [6.45, 7) is 1.77. The highest BCUT2D eigenvalue weighted by Gasteiger charge is 2.43. The molecule has 5 nitrogen and oxygen atoms in total. The van der Waals surface area contributed by atoms with Gasteiger partial charge in [0.25, 0.3) is 5.78 Å². The largest absolute Gasteiger partial charge is 0.505 e. The van der Waals surface area contributed by atoms with Crippen molar-refractivity contribution < 1.29 is 27.8 Å². The molecule has 0 unspecified atom stereocenters. The summed E-state index contributed by atoms with van der Waals surface area (Å²) in [5.74, 6) is -2.66. The van der Waals surface area contributed by atoms with Gasteiger partial charge in [0.1, 0.15) is 5.75 Å². The first kappa shape index (κ1) is 19.2. The number of hydrogen-bond donors (Lipinski definition) is 1. The molecule has 0 aliphatic heterocycles. The van der Waals surface area contributed by atoms with Gasteiger partial charge in [-0.05, 0) is 31.2 Å². The van der Waals surface area contributed by atoms with Gasteiger partial charge in [-0.15, -0.1) is 5.11 Å². The number of Topliss-reactive ketones (excluding diaryl/α,β-unsaturated/α-hetero) is 1. The highest BCUT2D eigenvalue weighted by atomic mass is 19.4. The van der Waals surface area contributed by atoms with Gasteiger partial charge in [0.05, 0.1) is 12.8 Å². The number of aliphatic hydroxyl groups is 1. The summed E-state index contributed by atoms with van der Waals surface area (Å²) in [5.41, 5.74) is -0.130. The number of methoxy groups -OCH3 is 1. The van der Waals surface area contributed by atoms with Crippen LogP contribution in [0.5, 0.6) is 5.75 Å². The number of allylic oxidation sites excluding steroid dienone is 1. The zero-order valence-electron chi connectivity index (χ0n) is 13.9. The zero-order chi connectivity index (χ0) is 19.3. The Bertz CT molecular complexity index is 839. The normalized spacial score (nSPS) is 12.8. The van der Waals surface area contributed by atoms with E-state index in [4.69, 9.17) is 4.74 Å². The molecular weight excluding hydrogens is 349 g/mol. The Morgan fingerprint density at radius 1 is 1.04 bits per heavy atom.